The summed E-state index contributed by atoms with van der Waals surface area (Å²) in [6, 6.07) is 10.1. The van der Waals surface area contributed by atoms with Crippen LogP contribution in [-0.4, -0.2) is 15.0 Å². The van der Waals surface area contributed by atoms with Gasteiger partial charge in [-0.1, -0.05) is 30.3 Å². The predicted octanol–water partition coefficient (Wildman–Crippen LogP) is 1.31. The first kappa shape index (κ1) is 8.38. The maximum Gasteiger partial charge on any atom is 0.140 e. The summed E-state index contributed by atoms with van der Waals surface area (Å²) in [4.78, 5) is 0. The molecule has 1 heterocycles. The third-order valence-electron chi connectivity index (χ3n) is 1.83. The van der Waals surface area contributed by atoms with Crippen molar-refractivity contribution in [3.8, 4) is 0 Å². The molecule has 2 nitrogen and oxygen atoms in total. The van der Waals surface area contributed by atoms with Crippen molar-refractivity contribution in [1.29, 1.82) is 0 Å². The quantitative estimate of drug-likeness (QED) is 0.511. The lowest BCUT2D eigenvalue weighted by Gasteiger charge is -2.05. The van der Waals surface area contributed by atoms with Gasteiger partial charge in [-0.15, -0.1) is 17.0 Å². The minimum atomic E-state index is -0.906. The molecule has 1 aliphatic heterocycles. The van der Waals surface area contributed by atoms with E-state index in [9.17, 15) is 4.21 Å². The second-order valence-electron chi connectivity index (χ2n) is 2.88. The molecule has 1 aliphatic rings. The van der Waals surface area contributed by atoms with E-state index in [0.29, 0.717) is 0 Å². The first-order valence-electron chi connectivity index (χ1n) is 4.07. The molecule has 0 saturated heterocycles. The Morgan fingerprint density at radius 3 is 2.69 bits per heavy atom. The van der Waals surface area contributed by atoms with Crippen LogP contribution in [-0.2, 0) is 17.3 Å². The summed E-state index contributed by atoms with van der Waals surface area (Å²) in [5.41, 5.74) is 1.22. The Kier molecular flexibility index (Phi) is 2.36. The van der Waals surface area contributed by atoms with Gasteiger partial charge in [0.2, 0.25) is 0 Å². The lowest BCUT2D eigenvalue weighted by atomic mass is 10.2. The molecule has 1 atom stereocenters. The molecular weight excluding hydrogens is 182 g/mol. The van der Waals surface area contributed by atoms with Crippen LogP contribution in [0.4, 0.5) is 0 Å². The van der Waals surface area contributed by atoms with Gasteiger partial charge < -0.3 is 14.5 Å². The Morgan fingerprint density at radius 1 is 1.31 bits per heavy atom. The molecule has 0 N–H and O–H groups in total. The van der Waals surface area contributed by atoms with Crippen LogP contribution in [0.15, 0.2) is 30.3 Å². The largest absolute Gasteiger partial charge is 0.382 e. The van der Waals surface area contributed by atoms with Gasteiger partial charge in [0.25, 0.3) is 0 Å². The Morgan fingerprint density at radius 2 is 2.08 bits per heavy atom. The summed E-state index contributed by atoms with van der Waals surface area (Å²) >= 11 is 0. The summed E-state index contributed by atoms with van der Waals surface area (Å²) in [5.74, 6) is 3.40. The predicted molar refractivity (Wildman–Crippen MR) is 53.2 cm³/mol. The Balaban J connectivity index is 2.04. The lowest BCUT2D eigenvalue weighted by Crippen LogP contribution is -2.04. The zero-order valence-electron chi connectivity index (χ0n) is 7.09. The Hall–Kier alpha value is -1.22. The first-order valence-corrected chi connectivity index (χ1v) is 5.34. The van der Waals surface area contributed by atoms with E-state index in [4.69, 9.17) is 0 Å². The second kappa shape index (κ2) is 3.66. The second-order valence-corrected chi connectivity index (χ2v) is 4.02. The fraction of sp³-hybridized carbons (Fsp3) is 0.100. The molecule has 0 aromatic heterocycles. The standard InChI is InChI=1S/C10H10NOS/c12-13-7-6-11(9-13)8-10-4-2-1-3-5-10/h1-7,9H,8H2/q-1. The van der Waals surface area contributed by atoms with Gasteiger partial charge in [0, 0.05) is 5.56 Å². The number of nitrogens with zero attached hydrogens (tertiary/aromatic N) is 1. The van der Waals surface area contributed by atoms with Gasteiger partial charge in [0.1, 0.15) is 6.54 Å². The van der Waals surface area contributed by atoms with Gasteiger partial charge in [0.05, 0.1) is 5.88 Å². The molecule has 0 saturated carbocycles. The van der Waals surface area contributed by atoms with Gasteiger partial charge in [-0.3, -0.25) is 0 Å². The van der Waals surface area contributed by atoms with Crippen molar-refractivity contribution in [3.05, 3.63) is 47.5 Å². The van der Waals surface area contributed by atoms with Gasteiger partial charge in [0.15, 0.2) is 0 Å². The van der Waals surface area contributed by atoms with Gasteiger partial charge in [-0.25, -0.2) is 0 Å². The van der Waals surface area contributed by atoms with Gasteiger partial charge in [-0.05, 0) is 0 Å². The van der Waals surface area contributed by atoms with Crippen molar-refractivity contribution in [2.24, 2.45) is 0 Å². The molecule has 1 aromatic carbocycles. The van der Waals surface area contributed by atoms with Crippen LogP contribution in [0.3, 0.4) is 0 Å². The molecule has 0 radical (unpaired) electrons. The van der Waals surface area contributed by atoms with Crippen LogP contribution in [0, 0.1) is 11.6 Å². The minimum absolute atomic E-state index is 0.795. The minimum Gasteiger partial charge on any atom is -0.382 e. The lowest BCUT2D eigenvalue weighted by molar-refractivity contribution is -0.482. The van der Waals surface area contributed by atoms with Crippen molar-refractivity contribution < 1.29 is 8.78 Å². The molecule has 0 aliphatic carbocycles. The highest BCUT2D eigenvalue weighted by Crippen LogP contribution is 2.07. The summed E-state index contributed by atoms with van der Waals surface area (Å²) in [5, 5.41) is 0. The number of hydrogen-bond donors (Lipinski definition) is 0. The molecule has 0 spiro atoms. The van der Waals surface area contributed by atoms with Crippen LogP contribution in [0.25, 0.3) is 0 Å². The molecule has 1 unspecified atom stereocenters. The van der Waals surface area contributed by atoms with Crippen molar-refractivity contribution in [1.82, 2.24) is 0 Å². The molecule has 3 heteroatoms. The zero-order valence-corrected chi connectivity index (χ0v) is 7.91. The van der Waals surface area contributed by atoms with Crippen LogP contribution in [0.2, 0.25) is 0 Å². The average molecular weight is 192 g/mol. The van der Waals surface area contributed by atoms with Gasteiger partial charge >= 0.3 is 0 Å². The zero-order chi connectivity index (χ0) is 9.10. The van der Waals surface area contributed by atoms with E-state index < -0.39 is 10.8 Å². The van der Waals surface area contributed by atoms with E-state index in [1.165, 1.54) is 5.56 Å². The number of rotatable bonds is 2. The van der Waals surface area contributed by atoms with E-state index in [1.54, 1.807) is 11.6 Å². The van der Waals surface area contributed by atoms with Crippen LogP contribution < -0.4 is 0 Å². The van der Waals surface area contributed by atoms with Crippen LogP contribution in [0.5, 0.6) is 0 Å². The highest BCUT2D eigenvalue weighted by Gasteiger charge is 2.01. The normalized spacial score (nSPS) is 20.3. The maximum absolute atomic E-state index is 11.0. The van der Waals surface area contributed by atoms with E-state index in [1.807, 2.05) is 29.0 Å². The van der Waals surface area contributed by atoms with E-state index in [-0.39, 0.29) is 0 Å². The molecule has 68 valence electrons. The van der Waals surface area contributed by atoms with E-state index in [0.717, 1.165) is 6.54 Å². The molecule has 0 fully saturated rings. The highest BCUT2D eigenvalue weighted by molar-refractivity contribution is 7.89. The van der Waals surface area contributed by atoms with Gasteiger partial charge in [-0.2, -0.15) is 0 Å². The topological polar surface area (TPSA) is 20.1 Å². The summed E-state index contributed by atoms with van der Waals surface area (Å²) < 4.78 is 12.9. The van der Waals surface area contributed by atoms with Crippen molar-refractivity contribution >= 4 is 17.0 Å². The third kappa shape index (κ3) is 2.12. The molecule has 0 bridgehead atoms. The van der Waals surface area contributed by atoms with Crippen molar-refractivity contribution in [3.63, 3.8) is 0 Å². The Bertz CT molecular complexity index is 345. The molecule has 2 rings (SSSR count). The molecule has 1 aromatic rings. The summed E-state index contributed by atoms with van der Waals surface area (Å²) in [6.45, 7) is 0.795. The maximum atomic E-state index is 11.0. The highest BCUT2D eigenvalue weighted by atomic mass is 32.2. The van der Waals surface area contributed by atoms with Crippen molar-refractivity contribution in [2.45, 2.75) is 6.54 Å². The fourth-order valence-corrected chi connectivity index (χ4v) is 1.98. The summed E-state index contributed by atoms with van der Waals surface area (Å²) in [6.07, 6.45) is 1.85. The van der Waals surface area contributed by atoms with Crippen LogP contribution in [0.1, 0.15) is 5.56 Å². The number of hydrogen-bond acceptors (Lipinski definition) is 1. The monoisotopic (exact) mass is 192 g/mol. The first-order chi connectivity index (χ1) is 6.34. The average Bonchev–Trinajstić information content (AvgIpc) is 2.53. The summed E-state index contributed by atoms with van der Waals surface area (Å²) in [7, 11) is -0.906. The fourth-order valence-electron chi connectivity index (χ4n) is 1.23. The molecular formula is C10H10NOS-. The number of benzene rings is 1. The molecule has 13 heavy (non-hydrogen) atoms. The third-order valence-corrected chi connectivity index (χ3v) is 2.70. The van der Waals surface area contributed by atoms with Crippen LogP contribution >= 0.6 is 0 Å². The smallest absolute Gasteiger partial charge is 0.140 e. The Labute approximate surface area is 80.4 Å². The van der Waals surface area contributed by atoms with E-state index in [2.05, 4.69) is 12.1 Å². The van der Waals surface area contributed by atoms with Crippen molar-refractivity contribution in [2.75, 3.05) is 0 Å². The van der Waals surface area contributed by atoms with E-state index >= 15 is 0 Å². The molecule has 0 amide bonds. The SMILES string of the molecule is O=S1[CH-]C=[N+](Cc2ccccc2)[CH-]1.